The highest BCUT2D eigenvalue weighted by Crippen LogP contribution is 2.14. The van der Waals surface area contributed by atoms with E-state index in [0.29, 0.717) is 10.8 Å². The lowest BCUT2D eigenvalue weighted by atomic mass is 10.5. The Morgan fingerprint density at radius 1 is 1.50 bits per heavy atom. The third kappa shape index (κ3) is 3.11. The fraction of sp³-hybridized carbons (Fsp3) is 0.667. The highest BCUT2D eigenvalue weighted by molar-refractivity contribution is 7.90. The van der Waals surface area contributed by atoms with Gasteiger partial charge in [-0.1, -0.05) is 16.8 Å². The molecule has 0 atom stereocenters. The van der Waals surface area contributed by atoms with Gasteiger partial charge in [0, 0.05) is 6.26 Å². The Kier molecular flexibility index (Phi) is 3.74. The first-order valence-electron chi connectivity index (χ1n) is 3.75. The van der Waals surface area contributed by atoms with Crippen molar-refractivity contribution in [2.75, 3.05) is 12.0 Å². The van der Waals surface area contributed by atoms with Crippen LogP contribution in [-0.2, 0) is 22.3 Å². The Hall–Kier alpha value is -0.330. The molecule has 0 N–H and O–H groups in total. The minimum absolute atomic E-state index is 0.0161. The summed E-state index contributed by atoms with van der Waals surface area (Å²) in [6.45, 7) is 0.196. The van der Waals surface area contributed by atoms with Gasteiger partial charge in [0.1, 0.15) is 15.5 Å². The fourth-order valence-electron chi connectivity index (χ4n) is 0.814. The molecule has 1 rings (SSSR count). The van der Waals surface area contributed by atoms with E-state index in [2.05, 4.69) is 10.3 Å². The molecule has 0 fully saturated rings. The maximum atomic E-state index is 10.9. The minimum atomic E-state index is -3.02. The molecule has 0 saturated carbocycles. The third-order valence-electron chi connectivity index (χ3n) is 1.54. The van der Waals surface area contributed by atoms with Crippen LogP contribution in [0.4, 0.5) is 0 Å². The summed E-state index contributed by atoms with van der Waals surface area (Å²) in [5.74, 6) is 0.148. The average Bonchev–Trinajstić information content (AvgIpc) is 2.42. The van der Waals surface area contributed by atoms with Crippen molar-refractivity contribution in [3.63, 3.8) is 0 Å². The largest absolute Gasteiger partial charge is 0.232 e. The van der Waals surface area contributed by atoms with E-state index in [1.165, 1.54) is 4.68 Å². The van der Waals surface area contributed by atoms with Crippen LogP contribution in [0.15, 0.2) is 0 Å². The van der Waals surface area contributed by atoms with Crippen LogP contribution in [-0.4, -0.2) is 35.4 Å². The molecule has 8 heteroatoms. The Balaban J connectivity index is 2.73. The predicted molar refractivity (Wildman–Crippen MR) is 54.3 cm³/mol. The number of hydrogen-bond acceptors (Lipinski definition) is 4. The highest BCUT2D eigenvalue weighted by atomic mass is 35.5. The molecule has 0 aliphatic carbocycles. The topological polar surface area (TPSA) is 64.8 Å². The summed E-state index contributed by atoms with van der Waals surface area (Å²) in [4.78, 5) is 0. The van der Waals surface area contributed by atoms with Crippen LogP contribution in [0.25, 0.3) is 0 Å². The van der Waals surface area contributed by atoms with E-state index in [1.54, 1.807) is 0 Å². The number of rotatable bonds is 4. The lowest BCUT2D eigenvalue weighted by Crippen LogP contribution is -2.12. The van der Waals surface area contributed by atoms with Crippen LogP contribution in [0.2, 0.25) is 5.15 Å². The smallest absolute Gasteiger partial charge is 0.151 e. The van der Waals surface area contributed by atoms with Gasteiger partial charge in [-0.25, -0.2) is 13.1 Å². The second kappa shape index (κ2) is 4.46. The van der Waals surface area contributed by atoms with Crippen LogP contribution in [0.3, 0.4) is 0 Å². The second-order valence-electron chi connectivity index (χ2n) is 2.81. The van der Waals surface area contributed by atoms with Crippen molar-refractivity contribution in [3.8, 4) is 0 Å². The number of alkyl halides is 1. The molecule has 0 saturated heterocycles. The van der Waals surface area contributed by atoms with E-state index in [1.807, 2.05) is 0 Å². The molecule has 1 aromatic rings. The monoisotopic (exact) mass is 257 g/mol. The Bertz CT molecular complexity index is 415. The minimum Gasteiger partial charge on any atom is -0.232 e. The van der Waals surface area contributed by atoms with E-state index >= 15 is 0 Å². The number of halogens is 2. The van der Waals surface area contributed by atoms with Gasteiger partial charge < -0.3 is 0 Å². The van der Waals surface area contributed by atoms with Crippen molar-refractivity contribution < 1.29 is 8.42 Å². The first-order chi connectivity index (χ1) is 6.44. The number of aryl methyl sites for hydroxylation is 1. The quantitative estimate of drug-likeness (QED) is 0.746. The number of nitrogens with zero attached hydrogens (tertiary/aromatic N) is 3. The van der Waals surface area contributed by atoms with Crippen LogP contribution < -0.4 is 0 Å². The maximum absolute atomic E-state index is 10.9. The fourth-order valence-corrected chi connectivity index (χ4v) is 1.79. The summed E-state index contributed by atoms with van der Waals surface area (Å²) >= 11 is 11.3. The third-order valence-corrected chi connectivity index (χ3v) is 3.13. The van der Waals surface area contributed by atoms with Gasteiger partial charge in [0.25, 0.3) is 0 Å². The molecular weight excluding hydrogens is 249 g/mol. The maximum Gasteiger partial charge on any atom is 0.151 e. The van der Waals surface area contributed by atoms with Gasteiger partial charge in [0.05, 0.1) is 18.2 Å². The van der Waals surface area contributed by atoms with E-state index < -0.39 is 9.84 Å². The van der Waals surface area contributed by atoms with Gasteiger partial charge in [-0.15, -0.1) is 16.7 Å². The zero-order valence-electron chi connectivity index (χ0n) is 7.44. The van der Waals surface area contributed by atoms with Gasteiger partial charge in [0.2, 0.25) is 0 Å². The molecule has 0 aromatic carbocycles. The first kappa shape index (κ1) is 11.7. The summed E-state index contributed by atoms with van der Waals surface area (Å²) in [6.07, 6.45) is 1.15. The standard InChI is InChI=1S/C6H9Cl2N3O2S/c1-14(12,13)3-2-11-6(8)5(4-7)9-10-11/h2-4H2,1H3. The molecule has 0 amide bonds. The second-order valence-corrected chi connectivity index (χ2v) is 5.70. The summed E-state index contributed by atoms with van der Waals surface area (Å²) in [5, 5.41) is 7.66. The molecule has 0 spiro atoms. The Morgan fingerprint density at radius 3 is 2.57 bits per heavy atom. The molecule has 0 aliphatic rings. The number of aromatic nitrogens is 3. The molecule has 0 radical (unpaired) electrons. The van der Waals surface area contributed by atoms with Crippen LogP contribution in [0.5, 0.6) is 0 Å². The molecule has 1 heterocycles. The highest BCUT2D eigenvalue weighted by Gasteiger charge is 2.11. The van der Waals surface area contributed by atoms with Crippen molar-refractivity contribution in [2.45, 2.75) is 12.4 Å². The molecule has 0 unspecified atom stereocenters. The SMILES string of the molecule is CS(=O)(=O)CCn1nnc(CCl)c1Cl. The molecule has 80 valence electrons. The van der Waals surface area contributed by atoms with Crippen molar-refractivity contribution in [1.82, 2.24) is 15.0 Å². The van der Waals surface area contributed by atoms with Crippen molar-refractivity contribution >= 4 is 33.0 Å². The zero-order chi connectivity index (χ0) is 10.8. The van der Waals surface area contributed by atoms with E-state index in [0.717, 1.165) is 6.26 Å². The van der Waals surface area contributed by atoms with Crippen molar-refractivity contribution in [1.29, 1.82) is 0 Å². The Labute approximate surface area is 91.9 Å². The number of sulfone groups is 1. The van der Waals surface area contributed by atoms with Crippen molar-refractivity contribution in [3.05, 3.63) is 10.8 Å². The summed E-state index contributed by atoms with van der Waals surface area (Å²) in [6, 6.07) is 0. The van der Waals surface area contributed by atoms with Gasteiger partial charge in [-0.3, -0.25) is 0 Å². The molecule has 0 aliphatic heterocycles. The molecule has 14 heavy (non-hydrogen) atoms. The molecule has 0 bridgehead atoms. The predicted octanol–water partition coefficient (Wildman–Crippen LogP) is 0.715. The van der Waals surface area contributed by atoms with E-state index in [9.17, 15) is 8.42 Å². The van der Waals surface area contributed by atoms with E-state index in [4.69, 9.17) is 23.2 Å². The van der Waals surface area contributed by atoms with Gasteiger partial charge in [0.15, 0.2) is 5.15 Å². The zero-order valence-corrected chi connectivity index (χ0v) is 9.77. The summed E-state index contributed by atoms with van der Waals surface area (Å²) < 4.78 is 23.0. The lowest BCUT2D eigenvalue weighted by Gasteiger charge is -1.99. The average molecular weight is 258 g/mol. The van der Waals surface area contributed by atoms with Gasteiger partial charge >= 0.3 is 0 Å². The molecular formula is C6H9Cl2N3O2S. The normalized spacial score (nSPS) is 11.9. The number of hydrogen-bond donors (Lipinski definition) is 0. The van der Waals surface area contributed by atoms with Crippen LogP contribution >= 0.6 is 23.2 Å². The summed E-state index contributed by atoms with van der Waals surface area (Å²) in [7, 11) is -3.02. The van der Waals surface area contributed by atoms with Crippen LogP contribution in [0, 0.1) is 0 Å². The van der Waals surface area contributed by atoms with Crippen molar-refractivity contribution in [2.24, 2.45) is 0 Å². The van der Waals surface area contributed by atoms with Gasteiger partial charge in [-0.05, 0) is 0 Å². The lowest BCUT2D eigenvalue weighted by molar-refractivity contribution is 0.580. The summed E-state index contributed by atoms with van der Waals surface area (Å²) in [5.41, 5.74) is 0.460. The first-order valence-corrected chi connectivity index (χ1v) is 6.73. The molecule has 1 aromatic heterocycles. The van der Waals surface area contributed by atoms with E-state index in [-0.39, 0.29) is 18.2 Å². The molecule has 5 nitrogen and oxygen atoms in total. The Morgan fingerprint density at radius 2 is 2.14 bits per heavy atom. The van der Waals surface area contributed by atoms with Crippen LogP contribution in [0.1, 0.15) is 5.69 Å². The van der Waals surface area contributed by atoms with Gasteiger partial charge in [-0.2, -0.15) is 0 Å².